The molecule has 0 bridgehead atoms. The minimum Gasteiger partial charge on any atom is -0.344 e. The van der Waals surface area contributed by atoms with E-state index in [0.29, 0.717) is 17.8 Å². The lowest BCUT2D eigenvalue weighted by Gasteiger charge is -2.36. The van der Waals surface area contributed by atoms with Crippen molar-refractivity contribution in [2.24, 2.45) is 11.7 Å². The summed E-state index contributed by atoms with van der Waals surface area (Å²) in [7, 11) is 2.20. The molecule has 1 saturated carbocycles. The second kappa shape index (κ2) is 5.44. The maximum Gasteiger partial charge on any atom is 0.0443 e. The van der Waals surface area contributed by atoms with Gasteiger partial charge in [-0.25, -0.2) is 0 Å². The lowest BCUT2D eigenvalue weighted by Crippen LogP contribution is -2.26. The average Bonchev–Trinajstić information content (AvgIpc) is 2.70. The van der Waals surface area contributed by atoms with Crippen LogP contribution in [0.25, 0.3) is 0 Å². The van der Waals surface area contributed by atoms with Crippen LogP contribution in [-0.4, -0.2) is 13.6 Å². The van der Waals surface area contributed by atoms with E-state index < -0.39 is 0 Å². The quantitative estimate of drug-likeness (QED) is 0.844. The van der Waals surface area contributed by atoms with Crippen LogP contribution >= 0.6 is 0 Å². The SMILES string of the molecule is CN1c2ccccc2C2CCC(CN)CC2c2ccccc21. The number of fused-ring (bicyclic) bond motifs is 5. The van der Waals surface area contributed by atoms with Gasteiger partial charge in [0.05, 0.1) is 0 Å². The Morgan fingerprint density at radius 1 is 0.909 bits per heavy atom. The molecule has 0 radical (unpaired) electrons. The third-order valence-electron chi connectivity index (χ3n) is 5.69. The van der Waals surface area contributed by atoms with Gasteiger partial charge in [0, 0.05) is 18.4 Å². The van der Waals surface area contributed by atoms with Gasteiger partial charge in [0.15, 0.2) is 0 Å². The lowest BCUT2D eigenvalue weighted by atomic mass is 9.68. The van der Waals surface area contributed by atoms with E-state index in [1.807, 2.05) is 0 Å². The molecule has 22 heavy (non-hydrogen) atoms. The molecule has 0 saturated heterocycles. The molecule has 2 aromatic carbocycles. The molecule has 0 aromatic heterocycles. The minimum atomic E-state index is 0.601. The topological polar surface area (TPSA) is 29.3 Å². The van der Waals surface area contributed by atoms with Gasteiger partial charge >= 0.3 is 0 Å². The van der Waals surface area contributed by atoms with Gasteiger partial charge in [0.2, 0.25) is 0 Å². The van der Waals surface area contributed by atoms with Crippen molar-refractivity contribution in [2.75, 3.05) is 18.5 Å². The van der Waals surface area contributed by atoms with Crippen LogP contribution in [0.5, 0.6) is 0 Å². The van der Waals surface area contributed by atoms with Gasteiger partial charge in [-0.05, 0) is 66.8 Å². The smallest absolute Gasteiger partial charge is 0.0443 e. The number of hydrogen-bond donors (Lipinski definition) is 1. The maximum atomic E-state index is 6.00. The standard InChI is InChI=1S/C20H24N2/c1-22-19-8-4-2-6-16(19)15-11-10-14(13-21)12-18(15)17-7-3-5-9-20(17)22/h2-9,14-15,18H,10-13,21H2,1H3. The molecule has 2 N–H and O–H groups in total. The Morgan fingerprint density at radius 3 is 2.14 bits per heavy atom. The molecule has 4 rings (SSSR count). The first kappa shape index (κ1) is 13.8. The molecule has 114 valence electrons. The summed E-state index contributed by atoms with van der Waals surface area (Å²) in [6, 6.07) is 17.9. The Kier molecular flexibility index (Phi) is 3.42. The van der Waals surface area contributed by atoms with Crippen molar-refractivity contribution < 1.29 is 0 Å². The molecule has 2 nitrogen and oxygen atoms in total. The highest BCUT2D eigenvalue weighted by Crippen LogP contribution is 2.53. The van der Waals surface area contributed by atoms with Gasteiger partial charge in [-0.3, -0.25) is 0 Å². The fourth-order valence-corrected chi connectivity index (χ4v) is 4.53. The van der Waals surface area contributed by atoms with E-state index in [-0.39, 0.29) is 0 Å². The molecule has 1 aliphatic heterocycles. The van der Waals surface area contributed by atoms with Crippen LogP contribution in [0.1, 0.15) is 42.2 Å². The van der Waals surface area contributed by atoms with E-state index in [2.05, 4.69) is 60.5 Å². The summed E-state index contributed by atoms with van der Waals surface area (Å²) in [6.07, 6.45) is 3.74. The largest absolute Gasteiger partial charge is 0.344 e. The highest BCUT2D eigenvalue weighted by atomic mass is 15.1. The first-order valence-corrected chi connectivity index (χ1v) is 8.41. The molecule has 1 heterocycles. The van der Waals surface area contributed by atoms with Gasteiger partial charge in [-0.15, -0.1) is 0 Å². The number of hydrogen-bond acceptors (Lipinski definition) is 2. The number of benzene rings is 2. The zero-order valence-electron chi connectivity index (χ0n) is 13.2. The molecule has 3 atom stereocenters. The molecule has 3 unspecified atom stereocenters. The van der Waals surface area contributed by atoms with Crippen molar-refractivity contribution in [3.05, 3.63) is 59.7 Å². The molecular formula is C20H24N2. The Labute approximate surface area is 132 Å². The van der Waals surface area contributed by atoms with Gasteiger partial charge in [-0.2, -0.15) is 0 Å². The summed E-state index contributed by atoms with van der Waals surface area (Å²) in [5.41, 5.74) is 11.7. The summed E-state index contributed by atoms with van der Waals surface area (Å²) in [5, 5.41) is 0. The molecule has 2 aliphatic rings. The Morgan fingerprint density at radius 2 is 1.50 bits per heavy atom. The Balaban J connectivity index is 1.90. The number of anilines is 2. The van der Waals surface area contributed by atoms with Crippen molar-refractivity contribution >= 4 is 11.4 Å². The van der Waals surface area contributed by atoms with Crippen LogP contribution < -0.4 is 10.6 Å². The predicted molar refractivity (Wildman–Crippen MR) is 92.8 cm³/mol. The van der Waals surface area contributed by atoms with Crippen LogP contribution in [0.3, 0.4) is 0 Å². The van der Waals surface area contributed by atoms with Crippen LogP contribution in [0.2, 0.25) is 0 Å². The number of rotatable bonds is 1. The molecule has 1 aliphatic carbocycles. The van der Waals surface area contributed by atoms with E-state index in [4.69, 9.17) is 5.73 Å². The normalized spacial score (nSPS) is 26.6. The molecular weight excluding hydrogens is 268 g/mol. The fraction of sp³-hybridized carbons (Fsp3) is 0.400. The van der Waals surface area contributed by atoms with E-state index in [0.717, 1.165) is 6.54 Å². The summed E-state index contributed by atoms with van der Waals surface area (Å²) in [5.74, 6) is 1.90. The van der Waals surface area contributed by atoms with Crippen molar-refractivity contribution in [1.82, 2.24) is 0 Å². The average molecular weight is 292 g/mol. The van der Waals surface area contributed by atoms with Gasteiger partial charge in [0.1, 0.15) is 0 Å². The third kappa shape index (κ3) is 2.05. The lowest BCUT2D eigenvalue weighted by molar-refractivity contribution is 0.295. The molecule has 0 spiro atoms. The van der Waals surface area contributed by atoms with Crippen LogP contribution in [-0.2, 0) is 0 Å². The summed E-state index contributed by atoms with van der Waals surface area (Å²) >= 11 is 0. The van der Waals surface area contributed by atoms with Crippen molar-refractivity contribution in [1.29, 1.82) is 0 Å². The molecule has 0 amide bonds. The second-order valence-electron chi connectivity index (χ2n) is 6.80. The van der Waals surface area contributed by atoms with E-state index >= 15 is 0 Å². The second-order valence-corrected chi connectivity index (χ2v) is 6.80. The van der Waals surface area contributed by atoms with E-state index in [9.17, 15) is 0 Å². The monoisotopic (exact) mass is 292 g/mol. The van der Waals surface area contributed by atoms with Gasteiger partial charge < -0.3 is 10.6 Å². The number of para-hydroxylation sites is 2. The molecule has 2 heteroatoms. The zero-order chi connectivity index (χ0) is 15.1. The van der Waals surface area contributed by atoms with Gasteiger partial charge in [-0.1, -0.05) is 36.4 Å². The van der Waals surface area contributed by atoms with E-state index in [1.54, 1.807) is 0 Å². The predicted octanol–water partition coefficient (Wildman–Crippen LogP) is 4.39. The molecule has 1 fully saturated rings. The molecule has 2 aromatic rings. The first-order valence-electron chi connectivity index (χ1n) is 8.41. The summed E-state index contributed by atoms with van der Waals surface area (Å²) in [4.78, 5) is 2.38. The zero-order valence-corrected chi connectivity index (χ0v) is 13.2. The maximum absolute atomic E-state index is 6.00. The number of nitrogens with two attached hydrogens (primary N) is 1. The summed E-state index contributed by atoms with van der Waals surface area (Å²) < 4.78 is 0. The number of nitrogens with zero attached hydrogens (tertiary/aromatic N) is 1. The third-order valence-corrected chi connectivity index (χ3v) is 5.69. The van der Waals surface area contributed by atoms with Crippen molar-refractivity contribution in [2.45, 2.75) is 31.1 Å². The van der Waals surface area contributed by atoms with Crippen LogP contribution in [0.4, 0.5) is 11.4 Å². The van der Waals surface area contributed by atoms with E-state index in [1.165, 1.54) is 41.8 Å². The van der Waals surface area contributed by atoms with Crippen LogP contribution in [0, 0.1) is 5.92 Å². The van der Waals surface area contributed by atoms with Gasteiger partial charge in [0.25, 0.3) is 0 Å². The highest BCUT2D eigenvalue weighted by molar-refractivity contribution is 5.72. The van der Waals surface area contributed by atoms with Crippen molar-refractivity contribution in [3.63, 3.8) is 0 Å². The Hall–Kier alpha value is -1.80. The Bertz CT molecular complexity index is 679. The minimum absolute atomic E-state index is 0.601. The first-order chi connectivity index (χ1) is 10.8. The van der Waals surface area contributed by atoms with Crippen LogP contribution in [0.15, 0.2) is 48.5 Å². The fourth-order valence-electron chi connectivity index (χ4n) is 4.53. The summed E-state index contributed by atoms with van der Waals surface area (Å²) in [6.45, 7) is 0.822. The van der Waals surface area contributed by atoms with Crippen molar-refractivity contribution in [3.8, 4) is 0 Å². The highest BCUT2D eigenvalue weighted by Gasteiger charge is 2.37.